The number of piperidine rings is 1. The minimum absolute atomic E-state index is 0.0600. The smallest absolute Gasteiger partial charge is 0.239 e. The van der Waals surface area contributed by atoms with Crippen molar-refractivity contribution >= 4 is 17.6 Å². The molecule has 1 saturated heterocycles. The SMILES string of the molecule is CCCCNC(=O)C1CCCN(CC(=O)Nc2c(C#N)c(C)c(C)n2Cc2ccc(F)cc2)C1. The maximum atomic E-state index is 13.3. The molecule has 2 N–H and O–H groups in total. The Labute approximate surface area is 200 Å². The zero-order chi connectivity index (χ0) is 24.7. The lowest BCUT2D eigenvalue weighted by molar-refractivity contribution is -0.128. The minimum atomic E-state index is -0.311. The number of likely N-dealkylation sites (tertiary alicyclic amines) is 1. The van der Waals surface area contributed by atoms with E-state index in [9.17, 15) is 19.2 Å². The van der Waals surface area contributed by atoms with Gasteiger partial charge in [-0.05, 0) is 62.9 Å². The van der Waals surface area contributed by atoms with Crippen LogP contribution in [0.1, 0.15) is 55.0 Å². The lowest BCUT2D eigenvalue weighted by Crippen LogP contribution is -2.45. The number of benzene rings is 1. The largest absolute Gasteiger partial charge is 0.356 e. The van der Waals surface area contributed by atoms with E-state index in [0.29, 0.717) is 31.0 Å². The van der Waals surface area contributed by atoms with Crippen molar-refractivity contribution in [3.63, 3.8) is 0 Å². The van der Waals surface area contributed by atoms with Crippen molar-refractivity contribution < 1.29 is 14.0 Å². The molecule has 0 aliphatic carbocycles. The summed E-state index contributed by atoms with van der Waals surface area (Å²) in [5.41, 5.74) is 2.98. The molecule has 1 unspecified atom stereocenters. The molecule has 1 aliphatic heterocycles. The van der Waals surface area contributed by atoms with Crippen LogP contribution in [0.2, 0.25) is 0 Å². The maximum absolute atomic E-state index is 13.3. The number of amides is 2. The van der Waals surface area contributed by atoms with Crippen molar-refractivity contribution in [1.29, 1.82) is 5.26 Å². The van der Waals surface area contributed by atoms with Crippen LogP contribution in [-0.2, 0) is 16.1 Å². The number of rotatable bonds is 9. The number of unbranched alkanes of at least 4 members (excludes halogenated alkanes) is 1. The molecule has 1 fully saturated rings. The molecule has 2 heterocycles. The quantitative estimate of drug-likeness (QED) is 0.550. The Hall–Kier alpha value is -3.18. The van der Waals surface area contributed by atoms with Crippen molar-refractivity contribution in [3.8, 4) is 6.07 Å². The van der Waals surface area contributed by atoms with Gasteiger partial charge in [-0.2, -0.15) is 5.26 Å². The van der Waals surface area contributed by atoms with E-state index in [2.05, 4.69) is 23.6 Å². The standard InChI is InChI=1S/C26H34FN5O2/c1-4-5-12-29-26(34)21-7-6-13-31(16-21)17-24(33)30-25-23(14-28)18(2)19(3)32(25)15-20-8-10-22(27)11-9-20/h8-11,21H,4-7,12-13,15-17H2,1-3H3,(H,29,34)(H,30,33). The minimum Gasteiger partial charge on any atom is -0.356 e. The normalized spacial score (nSPS) is 16.1. The van der Waals surface area contributed by atoms with Gasteiger partial charge in [0, 0.05) is 25.3 Å². The predicted octanol–water partition coefficient (Wildman–Crippen LogP) is 3.73. The molecule has 2 amide bonds. The molecule has 2 aromatic rings. The second-order valence-corrected chi connectivity index (χ2v) is 9.03. The molecule has 0 radical (unpaired) electrons. The second kappa shape index (κ2) is 11.8. The average molecular weight is 468 g/mol. The van der Waals surface area contributed by atoms with Crippen LogP contribution in [0.4, 0.5) is 10.2 Å². The predicted molar refractivity (Wildman–Crippen MR) is 130 cm³/mol. The fraction of sp³-hybridized carbons (Fsp3) is 0.500. The summed E-state index contributed by atoms with van der Waals surface area (Å²) in [6.07, 6.45) is 3.68. The third kappa shape index (κ3) is 6.23. The van der Waals surface area contributed by atoms with Gasteiger partial charge >= 0.3 is 0 Å². The van der Waals surface area contributed by atoms with E-state index in [1.54, 1.807) is 12.1 Å². The van der Waals surface area contributed by atoms with E-state index in [-0.39, 0.29) is 30.1 Å². The Morgan fingerprint density at radius 2 is 1.97 bits per heavy atom. The number of nitriles is 1. The van der Waals surface area contributed by atoms with Crippen LogP contribution in [0.25, 0.3) is 0 Å². The van der Waals surface area contributed by atoms with Gasteiger partial charge in [-0.1, -0.05) is 25.5 Å². The van der Waals surface area contributed by atoms with E-state index in [4.69, 9.17) is 0 Å². The number of aromatic nitrogens is 1. The molecule has 1 aliphatic rings. The van der Waals surface area contributed by atoms with Crippen LogP contribution >= 0.6 is 0 Å². The number of carbonyl (C=O) groups excluding carboxylic acids is 2. The summed E-state index contributed by atoms with van der Waals surface area (Å²) in [6, 6.07) is 8.40. The molecule has 0 saturated carbocycles. The Bertz CT molecular complexity index is 1050. The number of hydrogen-bond donors (Lipinski definition) is 2. The van der Waals surface area contributed by atoms with Crippen LogP contribution in [0.5, 0.6) is 0 Å². The molecule has 3 rings (SSSR count). The maximum Gasteiger partial charge on any atom is 0.239 e. The van der Waals surface area contributed by atoms with Crippen LogP contribution in [-0.4, -0.2) is 47.5 Å². The molecule has 1 atom stereocenters. The van der Waals surface area contributed by atoms with Crippen molar-refractivity contribution in [2.75, 3.05) is 31.5 Å². The first-order valence-corrected chi connectivity index (χ1v) is 12.0. The highest BCUT2D eigenvalue weighted by Gasteiger charge is 2.27. The first-order valence-electron chi connectivity index (χ1n) is 12.0. The summed E-state index contributed by atoms with van der Waals surface area (Å²) in [5, 5.41) is 15.7. The first kappa shape index (κ1) is 25.4. The van der Waals surface area contributed by atoms with Gasteiger partial charge in [0.15, 0.2) is 0 Å². The summed E-state index contributed by atoms with van der Waals surface area (Å²) < 4.78 is 15.2. The van der Waals surface area contributed by atoms with Crippen LogP contribution in [0, 0.1) is 36.9 Å². The number of carbonyl (C=O) groups is 2. The van der Waals surface area contributed by atoms with E-state index >= 15 is 0 Å². The van der Waals surface area contributed by atoms with Gasteiger partial charge in [-0.3, -0.25) is 14.5 Å². The topological polar surface area (TPSA) is 90.2 Å². The summed E-state index contributed by atoms with van der Waals surface area (Å²) in [7, 11) is 0. The summed E-state index contributed by atoms with van der Waals surface area (Å²) in [5.74, 6) is -0.127. The Kier molecular flexibility index (Phi) is 8.83. The number of nitrogens with zero attached hydrogens (tertiary/aromatic N) is 3. The van der Waals surface area contributed by atoms with Gasteiger partial charge in [0.05, 0.1) is 18.0 Å². The number of halogens is 1. The molecular weight excluding hydrogens is 433 g/mol. The van der Waals surface area contributed by atoms with Gasteiger partial charge in [-0.25, -0.2) is 4.39 Å². The molecule has 1 aromatic carbocycles. The highest BCUT2D eigenvalue weighted by Crippen LogP contribution is 2.27. The highest BCUT2D eigenvalue weighted by molar-refractivity contribution is 5.93. The van der Waals surface area contributed by atoms with Gasteiger partial charge in [0.2, 0.25) is 11.8 Å². The molecular formula is C26H34FN5O2. The van der Waals surface area contributed by atoms with Crippen LogP contribution < -0.4 is 10.6 Å². The molecule has 182 valence electrons. The summed E-state index contributed by atoms with van der Waals surface area (Å²) >= 11 is 0. The molecule has 8 heteroatoms. The molecule has 7 nitrogen and oxygen atoms in total. The Morgan fingerprint density at radius 1 is 1.24 bits per heavy atom. The van der Waals surface area contributed by atoms with Gasteiger partial charge in [0.1, 0.15) is 17.7 Å². The van der Waals surface area contributed by atoms with E-state index < -0.39 is 0 Å². The highest BCUT2D eigenvalue weighted by atomic mass is 19.1. The number of hydrogen-bond acceptors (Lipinski definition) is 4. The van der Waals surface area contributed by atoms with Crippen molar-refractivity contribution in [2.45, 2.75) is 53.0 Å². The monoisotopic (exact) mass is 467 g/mol. The number of nitrogens with one attached hydrogen (secondary N) is 2. The molecule has 1 aromatic heterocycles. The van der Waals surface area contributed by atoms with Gasteiger partial charge in [0.25, 0.3) is 0 Å². The fourth-order valence-corrected chi connectivity index (χ4v) is 4.42. The third-order valence-corrected chi connectivity index (χ3v) is 6.53. The lowest BCUT2D eigenvalue weighted by Gasteiger charge is -2.31. The Morgan fingerprint density at radius 3 is 2.65 bits per heavy atom. The van der Waals surface area contributed by atoms with Crippen molar-refractivity contribution in [3.05, 3.63) is 52.5 Å². The van der Waals surface area contributed by atoms with E-state index in [0.717, 1.165) is 49.0 Å². The van der Waals surface area contributed by atoms with Crippen molar-refractivity contribution in [1.82, 2.24) is 14.8 Å². The fourth-order valence-electron chi connectivity index (χ4n) is 4.42. The summed E-state index contributed by atoms with van der Waals surface area (Å²) in [4.78, 5) is 27.4. The third-order valence-electron chi connectivity index (χ3n) is 6.53. The molecule has 34 heavy (non-hydrogen) atoms. The molecule has 0 spiro atoms. The molecule has 0 bridgehead atoms. The van der Waals surface area contributed by atoms with Crippen LogP contribution in [0.15, 0.2) is 24.3 Å². The van der Waals surface area contributed by atoms with Gasteiger partial charge < -0.3 is 15.2 Å². The van der Waals surface area contributed by atoms with E-state index in [1.807, 2.05) is 23.3 Å². The summed E-state index contributed by atoms with van der Waals surface area (Å²) in [6.45, 7) is 8.41. The first-order chi connectivity index (χ1) is 16.3. The second-order valence-electron chi connectivity index (χ2n) is 9.03. The van der Waals surface area contributed by atoms with E-state index in [1.165, 1.54) is 12.1 Å². The zero-order valence-electron chi connectivity index (χ0n) is 20.3. The average Bonchev–Trinajstić information content (AvgIpc) is 3.04. The van der Waals surface area contributed by atoms with Gasteiger partial charge in [-0.15, -0.1) is 0 Å². The zero-order valence-corrected chi connectivity index (χ0v) is 20.3. The lowest BCUT2D eigenvalue weighted by atomic mass is 9.97. The Balaban J connectivity index is 1.69. The number of anilines is 1. The van der Waals surface area contributed by atoms with Crippen LogP contribution in [0.3, 0.4) is 0 Å². The van der Waals surface area contributed by atoms with Crippen molar-refractivity contribution in [2.24, 2.45) is 5.92 Å².